The lowest BCUT2D eigenvalue weighted by Gasteiger charge is -2.25. The highest BCUT2D eigenvalue weighted by atomic mass is 35.5. The van der Waals surface area contributed by atoms with Crippen molar-refractivity contribution in [3.63, 3.8) is 0 Å². The van der Waals surface area contributed by atoms with Crippen LogP contribution in [0.1, 0.15) is 47.0 Å². The highest BCUT2D eigenvalue weighted by Gasteiger charge is 2.09. The van der Waals surface area contributed by atoms with Crippen LogP contribution in [0.3, 0.4) is 0 Å². The predicted octanol–water partition coefficient (Wildman–Crippen LogP) is 4.01. The van der Waals surface area contributed by atoms with Gasteiger partial charge in [-0.25, -0.2) is 0 Å². The van der Waals surface area contributed by atoms with Gasteiger partial charge < -0.3 is 4.90 Å². The van der Waals surface area contributed by atoms with Crippen molar-refractivity contribution in [3.05, 3.63) is 0 Å². The highest BCUT2D eigenvalue weighted by Crippen LogP contribution is 2.11. The largest absolute Gasteiger partial charge is 0.303 e. The predicted molar refractivity (Wildman–Crippen MR) is 70.7 cm³/mol. The molecule has 0 radical (unpaired) electrons. The summed E-state index contributed by atoms with van der Waals surface area (Å²) in [4.78, 5) is 2.57. The van der Waals surface area contributed by atoms with Crippen LogP contribution in [-0.4, -0.2) is 30.4 Å². The van der Waals surface area contributed by atoms with Crippen LogP contribution in [0.25, 0.3) is 0 Å². The quantitative estimate of drug-likeness (QED) is 0.544. The van der Waals surface area contributed by atoms with E-state index in [-0.39, 0.29) is 0 Å². The van der Waals surface area contributed by atoms with Crippen LogP contribution in [0.5, 0.6) is 0 Å². The van der Waals surface area contributed by atoms with Crippen molar-refractivity contribution >= 4 is 11.6 Å². The van der Waals surface area contributed by atoms with Crippen molar-refractivity contribution in [3.8, 4) is 0 Å². The first-order valence-electron chi connectivity index (χ1n) is 6.42. The summed E-state index contributed by atoms with van der Waals surface area (Å²) in [6, 6.07) is 0. The van der Waals surface area contributed by atoms with E-state index < -0.39 is 0 Å². The Bertz CT molecular complexity index is 138. The van der Waals surface area contributed by atoms with Gasteiger partial charge in [0, 0.05) is 12.4 Å². The van der Waals surface area contributed by atoms with Crippen LogP contribution in [0.15, 0.2) is 0 Å². The van der Waals surface area contributed by atoms with Gasteiger partial charge in [-0.1, -0.05) is 34.1 Å². The number of hydrogen-bond donors (Lipinski definition) is 0. The summed E-state index contributed by atoms with van der Waals surface area (Å²) in [5.74, 6) is 2.40. The molecule has 0 aromatic rings. The summed E-state index contributed by atoms with van der Waals surface area (Å²) in [6.45, 7) is 12.8. The lowest BCUT2D eigenvalue weighted by Crippen LogP contribution is -2.30. The minimum atomic E-state index is 0.772. The Morgan fingerprint density at radius 3 is 2.20 bits per heavy atom. The van der Waals surface area contributed by atoms with Gasteiger partial charge in [-0.2, -0.15) is 0 Å². The van der Waals surface area contributed by atoms with Gasteiger partial charge in [-0.3, -0.25) is 0 Å². The molecule has 0 saturated carbocycles. The van der Waals surface area contributed by atoms with Crippen LogP contribution < -0.4 is 0 Å². The normalized spacial score (nSPS) is 15.6. The van der Waals surface area contributed by atoms with Crippen molar-refractivity contribution in [2.75, 3.05) is 25.5 Å². The molecule has 0 rings (SSSR count). The van der Waals surface area contributed by atoms with Crippen molar-refractivity contribution in [2.45, 2.75) is 47.0 Å². The van der Waals surface area contributed by atoms with Gasteiger partial charge in [0.2, 0.25) is 0 Å². The van der Waals surface area contributed by atoms with Gasteiger partial charge >= 0.3 is 0 Å². The number of halogens is 1. The fraction of sp³-hybridized carbons (Fsp3) is 1.00. The first-order chi connectivity index (χ1) is 7.13. The molecular weight excluding hydrogens is 206 g/mol. The molecule has 92 valence electrons. The lowest BCUT2D eigenvalue weighted by atomic mass is 10.0. The van der Waals surface area contributed by atoms with E-state index >= 15 is 0 Å². The van der Waals surface area contributed by atoms with Crippen LogP contribution in [0, 0.1) is 11.8 Å². The smallest absolute Gasteiger partial charge is 0.0225 e. The summed E-state index contributed by atoms with van der Waals surface area (Å²) in [7, 11) is 0. The SMILES string of the molecule is CCC(C)CN(CC)CCC(C)CCCl. The van der Waals surface area contributed by atoms with E-state index in [1.54, 1.807) is 0 Å². The number of alkyl halides is 1. The Labute approximate surface area is 101 Å². The zero-order valence-corrected chi connectivity index (χ0v) is 11.7. The van der Waals surface area contributed by atoms with Crippen molar-refractivity contribution in [1.82, 2.24) is 4.90 Å². The zero-order chi connectivity index (χ0) is 11.7. The third kappa shape index (κ3) is 8.10. The Hall–Kier alpha value is 0.250. The molecule has 0 aliphatic heterocycles. The molecule has 0 fully saturated rings. The van der Waals surface area contributed by atoms with E-state index in [1.807, 2.05) is 0 Å². The second kappa shape index (κ2) is 9.47. The summed E-state index contributed by atoms with van der Waals surface area (Å²) in [5, 5.41) is 0. The molecule has 0 amide bonds. The molecule has 15 heavy (non-hydrogen) atoms. The molecule has 2 heteroatoms. The molecule has 1 nitrogen and oxygen atoms in total. The second-order valence-corrected chi connectivity index (χ2v) is 5.16. The van der Waals surface area contributed by atoms with Crippen molar-refractivity contribution < 1.29 is 0 Å². The highest BCUT2D eigenvalue weighted by molar-refractivity contribution is 6.17. The first-order valence-corrected chi connectivity index (χ1v) is 6.95. The van der Waals surface area contributed by atoms with E-state index in [9.17, 15) is 0 Å². The average Bonchev–Trinajstić information content (AvgIpc) is 2.24. The molecule has 0 aromatic carbocycles. The maximum atomic E-state index is 5.74. The number of rotatable bonds is 9. The van der Waals surface area contributed by atoms with Crippen molar-refractivity contribution in [2.24, 2.45) is 11.8 Å². The van der Waals surface area contributed by atoms with E-state index in [0.717, 1.165) is 24.1 Å². The maximum absolute atomic E-state index is 5.74. The standard InChI is InChI=1S/C13H28ClN/c1-5-12(3)11-15(6-2)10-8-13(4)7-9-14/h12-13H,5-11H2,1-4H3. The van der Waals surface area contributed by atoms with Crippen LogP contribution >= 0.6 is 11.6 Å². The molecule has 0 saturated heterocycles. The Morgan fingerprint density at radius 2 is 1.73 bits per heavy atom. The van der Waals surface area contributed by atoms with Gasteiger partial charge in [-0.15, -0.1) is 11.6 Å². The molecule has 0 aromatic heterocycles. The molecular formula is C13H28ClN. The molecule has 0 bridgehead atoms. The van der Waals surface area contributed by atoms with Gasteiger partial charge in [0.15, 0.2) is 0 Å². The third-order valence-corrected chi connectivity index (χ3v) is 3.47. The van der Waals surface area contributed by atoms with Gasteiger partial charge in [0.05, 0.1) is 0 Å². The van der Waals surface area contributed by atoms with E-state index in [0.29, 0.717) is 0 Å². The van der Waals surface area contributed by atoms with Gasteiger partial charge in [-0.05, 0) is 37.8 Å². The van der Waals surface area contributed by atoms with Gasteiger partial charge in [0.1, 0.15) is 0 Å². The number of hydrogen-bond acceptors (Lipinski definition) is 1. The fourth-order valence-electron chi connectivity index (χ4n) is 1.68. The van der Waals surface area contributed by atoms with E-state index in [1.165, 1.54) is 32.5 Å². The fourth-order valence-corrected chi connectivity index (χ4v) is 2.05. The topological polar surface area (TPSA) is 3.24 Å². The summed E-state index contributed by atoms with van der Waals surface area (Å²) >= 11 is 5.74. The van der Waals surface area contributed by atoms with Crippen LogP contribution in [0.4, 0.5) is 0 Å². The molecule has 0 aliphatic carbocycles. The molecule has 2 unspecified atom stereocenters. The monoisotopic (exact) mass is 233 g/mol. The minimum absolute atomic E-state index is 0.772. The van der Waals surface area contributed by atoms with E-state index in [2.05, 4.69) is 32.6 Å². The van der Waals surface area contributed by atoms with Crippen LogP contribution in [0.2, 0.25) is 0 Å². The van der Waals surface area contributed by atoms with Gasteiger partial charge in [0.25, 0.3) is 0 Å². The average molecular weight is 234 g/mol. The summed E-state index contributed by atoms with van der Waals surface area (Å²) in [6.07, 6.45) is 3.73. The third-order valence-electron chi connectivity index (χ3n) is 3.25. The number of nitrogens with zero attached hydrogens (tertiary/aromatic N) is 1. The summed E-state index contributed by atoms with van der Waals surface area (Å²) in [5.41, 5.74) is 0. The minimum Gasteiger partial charge on any atom is -0.303 e. The maximum Gasteiger partial charge on any atom is 0.0225 e. The first kappa shape index (κ1) is 15.2. The molecule has 0 heterocycles. The molecule has 0 N–H and O–H groups in total. The second-order valence-electron chi connectivity index (χ2n) is 4.78. The molecule has 2 atom stereocenters. The van der Waals surface area contributed by atoms with Crippen LogP contribution in [-0.2, 0) is 0 Å². The van der Waals surface area contributed by atoms with E-state index in [4.69, 9.17) is 11.6 Å². The molecule has 0 aliphatic rings. The zero-order valence-electron chi connectivity index (χ0n) is 10.9. The Balaban J connectivity index is 3.69. The Morgan fingerprint density at radius 1 is 1.07 bits per heavy atom. The Kier molecular flexibility index (Phi) is 9.63. The summed E-state index contributed by atoms with van der Waals surface area (Å²) < 4.78 is 0. The molecule has 0 spiro atoms. The van der Waals surface area contributed by atoms with Crippen molar-refractivity contribution in [1.29, 1.82) is 0 Å². The lowest BCUT2D eigenvalue weighted by molar-refractivity contribution is 0.230.